The Morgan fingerprint density at radius 3 is 2.54 bits per heavy atom. The highest BCUT2D eigenvalue weighted by Gasteiger charge is 2.53. The summed E-state index contributed by atoms with van der Waals surface area (Å²) in [6.45, 7) is 1.15. The number of alkyl halides is 3. The van der Waals surface area contributed by atoms with E-state index in [9.17, 15) is 23.1 Å². The van der Waals surface area contributed by atoms with Gasteiger partial charge in [-0.1, -0.05) is 37.5 Å². The third-order valence-corrected chi connectivity index (χ3v) is 6.67. The number of aliphatic hydroxyl groups is 1. The lowest BCUT2D eigenvalue weighted by molar-refractivity contribution is -0.152. The number of aliphatic hydroxyl groups excluding tert-OH is 1. The normalized spacial score (nSPS) is 28.4. The maximum absolute atomic E-state index is 12.8. The van der Waals surface area contributed by atoms with Crippen molar-refractivity contribution in [3.05, 3.63) is 29.8 Å². The van der Waals surface area contributed by atoms with Crippen LogP contribution in [0.15, 0.2) is 24.3 Å². The highest BCUT2D eigenvalue weighted by Crippen LogP contribution is 2.49. The molecule has 2 fully saturated rings. The van der Waals surface area contributed by atoms with Gasteiger partial charge in [-0.15, -0.1) is 0 Å². The Bertz CT molecular complexity index is 718. The fraction of sp³-hybridized carbons (Fsp3) is 0.667. The summed E-state index contributed by atoms with van der Waals surface area (Å²) < 4.78 is 38.5. The molecule has 4 rings (SSSR count). The largest absolute Gasteiger partial charge is 0.397 e. The zero-order valence-electron chi connectivity index (χ0n) is 15.9. The van der Waals surface area contributed by atoms with Crippen LogP contribution in [-0.4, -0.2) is 53.9 Å². The molecule has 4 nitrogen and oxygen atoms in total. The summed E-state index contributed by atoms with van der Waals surface area (Å²) in [5.74, 6) is -0.261. The van der Waals surface area contributed by atoms with Crippen molar-refractivity contribution < 1.29 is 23.1 Å². The summed E-state index contributed by atoms with van der Waals surface area (Å²) in [5, 5.41) is 10.0. The lowest BCUT2D eigenvalue weighted by Gasteiger charge is -2.60. The molecule has 1 saturated carbocycles. The Balaban J connectivity index is 1.58. The van der Waals surface area contributed by atoms with E-state index in [2.05, 4.69) is 4.90 Å². The molecule has 3 atom stereocenters. The summed E-state index contributed by atoms with van der Waals surface area (Å²) in [4.78, 5) is 16.0. The maximum Gasteiger partial charge on any atom is 0.397 e. The molecule has 0 bridgehead atoms. The molecular formula is C21H27F3N2O2. The summed E-state index contributed by atoms with van der Waals surface area (Å²) in [7, 11) is 0. The van der Waals surface area contributed by atoms with Crippen LogP contribution >= 0.6 is 0 Å². The van der Waals surface area contributed by atoms with Crippen molar-refractivity contribution in [1.29, 1.82) is 0 Å². The molecule has 0 spiro atoms. The molecule has 3 aliphatic rings. The van der Waals surface area contributed by atoms with Crippen molar-refractivity contribution in [3.63, 3.8) is 0 Å². The minimum Gasteiger partial charge on any atom is -0.395 e. The van der Waals surface area contributed by atoms with Crippen LogP contribution in [0.2, 0.25) is 0 Å². The third kappa shape index (κ3) is 3.66. The Hall–Kier alpha value is -1.60. The summed E-state index contributed by atoms with van der Waals surface area (Å²) in [6.07, 6.45) is 0.0747. The molecule has 1 N–H and O–H groups in total. The minimum absolute atomic E-state index is 0.0204. The SMILES string of the molecule is O=C(CC(F)(F)F)N1C[C@H]2[C@@H](c3ccccc31)[C@@H](CO)N2CC1CCCCC1. The van der Waals surface area contributed by atoms with Gasteiger partial charge < -0.3 is 10.0 Å². The van der Waals surface area contributed by atoms with Crippen molar-refractivity contribution in [2.45, 2.75) is 62.7 Å². The molecule has 1 saturated heterocycles. The number of para-hydroxylation sites is 1. The predicted octanol–water partition coefficient (Wildman–Crippen LogP) is 3.69. The Morgan fingerprint density at radius 1 is 1.14 bits per heavy atom. The molecule has 1 aromatic rings. The quantitative estimate of drug-likeness (QED) is 0.844. The molecular weight excluding hydrogens is 369 g/mol. The average Bonchev–Trinajstić information content (AvgIpc) is 2.65. The number of carbonyl (C=O) groups is 1. The van der Waals surface area contributed by atoms with Gasteiger partial charge in [0, 0.05) is 36.8 Å². The lowest BCUT2D eigenvalue weighted by Crippen LogP contribution is -2.70. The van der Waals surface area contributed by atoms with Crippen LogP contribution in [0.25, 0.3) is 0 Å². The monoisotopic (exact) mass is 396 g/mol. The topological polar surface area (TPSA) is 43.8 Å². The van der Waals surface area contributed by atoms with Crippen LogP contribution in [0, 0.1) is 5.92 Å². The second kappa shape index (κ2) is 7.67. The fourth-order valence-electron chi connectivity index (χ4n) is 5.41. The van der Waals surface area contributed by atoms with Crippen LogP contribution in [0.3, 0.4) is 0 Å². The first kappa shape index (κ1) is 19.7. The highest BCUT2D eigenvalue weighted by molar-refractivity contribution is 5.95. The molecule has 0 radical (unpaired) electrons. The van der Waals surface area contributed by atoms with E-state index in [1.165, 1.54) is 37.0 Å². The number of hydrogen-bond acceptors (Lipinski definition) is 3. The van der Waals surface area contributed by atoms with Gasteiger partial charge in [0.1, 0.15) is 6.42 Å². The number of carbonyl (C=O) groups excluding carboxylic acids is 1. The lowest BCUT2D eigenvalue weighted by atomic mass is 9.71. The number of anilines is 1. The molecule has 1 aromatic carbocycles. The molecule has 1 aliphatic carbocycles. The van der Waals surface area contributed by atoms with E-state index in [0.29, 0.717) is 11.6 Å². The van der Waals surface area contributed by atoms with Gasteiger partial charge in [0.2, 0.25) is 5.91 Å². The smallest absolute Gasteiger partial charge is 0.395 e. The van der Waals surface area contributed by atoms with Crippen molar-refractivity contribution >= 4 is 11.6 Å². The number of fused-ring (bicyclic) bond motifs is 3. The van der Waals surface area contributed by atoms with Crippen molar-refractivity contribution in [3.8, 4) is 0 Å². The molecule has 154 valence electrons. The number of likely N-dealkylation sites (tertiary alicyclic amines) is 1. The minimum atomic E-state index is -4.52. The van der Waals surface area contributed by atoms with E-state index in [-0.39, 0.29) is 31.2 Å². The zero-order chi connectivity index (χ0) is 19.9. The zero-order valence-corrected chi connectivity index (χ0v) is 15.9. The van der Waals surface area contributed by atoms with Gasteiger partial charge in [-0.3, -0.25) is 9.69 Å². The van der Waals surface area contributed by atoms with Gasteiger partial charge in [-0.05, 0) is 30.4 Å². The summed E-state index contributed by atoms with van der Waals surface area (Å²) >= 11 is 0. The second-order valence-corrected chi connectivity index (χ2v) is 8.40. The van der Waals surface area contributed by atoms with E-state index in [0.717, 1.165) is 12.1 Å². The Morgan fingerprint density at radius 2 is 1.86 bits per heavy atom. The number of rotatable bonds is 4. The van der Waals surface area contributed by atoms with Gasteiger partial charge in [-0.25, -0.2) is 0 Å². The van der Waals surface area contributed by atoms with E-state index in [1.54, 1.807) is 12.1 Å². The number of benzene rings is 1. The van der Waals surface area contributed by atoms with Crippen molar-refractivity contribution in [2.24, 2.45) is 5.92 Å². The van der Waals surface area contributed by atoms with E-state index < -0.39 is 18.5 Å². The van der Waals surface area contributed by atoms with Gasteiger partial charge in [0.05, 0.1) is 6.61 Å². The molecule has 0 aromatic heterocycles. The second-order valence-electron chi connectivity index (χ2n) is 8.40. The predicted molar refractivity (Wildman–Crippen MR) is 100 cm³/mol. The first-order chi connectivity index (χ1) is 13.4. The van der Waals surface area contributed by atoms with Gasteiger partial charge in [-0.2, -0.15) is 13.2 Å². The van der Waals surface area contributed by atoms with E-state index in [4.69, 9.17) is 0 Å². The first-order valence-electron chi connectivity index (χ1n) is 10.2. The molecule has 28 heavy (non-hydrogen) atoms. The Kier molecular flexibility index (Phi) is 5.40. The van der Waals surface area contributed by atoms with Crippen LogP contribution < -0.4 is 4.90 Å². The molecule has 1 amide bonds. The van der Waals surface area contributed by atoms with Crippen LogP contribution in [-0.2, 0) is 4.79 Å². The van der Waals surface area contributed by atoms with Gasteiger partial charge in [0.25, 0.3) is 0 Å². The molecule has 2 aliphatic heterocycles. The van der Waals surface area contributed by atoms with Crippen LogP contribution in [0.5, 0.6) is 0 Å². The van der Waals surface area contributed by atoms with Crippen molar-refractivity contribution in [2.75, 3.05) is 24.6 Å². The van der Waals surface area contributed by atoms with Gasteiger partial charge in [0.15, 0.2) is 0 Å². The first-order valence-corrected chi connectivity index (χ1v) is 10.2. The standard InChI is InChI=1S/C21H27F3N2O2/c22-21(23,24)10-19(28)26-12-17-20(15-8-4-5-9-16(15)26)18(13-27)25(17)11-14-6-2-1-3-7-14/h4-5,8-9,14,17-18,20,27H,1-3,6-7,10-13H2/t17-,18+,20+/m0/s1. The summed E-state index contributed by atoms with van der Waals surface area (Å²) in [6, 6.07) is 7.17. The number of hydrogen-bond donors (Lipinski definition) is 1. The number of halogens is 3. The molecule has 0 unspecified atom stereocenters. The van der Waals surface area contributed by atoms with Crippen LogP contribution in [0.1, 0.15) is 50.0 Å². The number of nitrogens with zero attached hydrogens (tertiary/aromatic N) is 2. The van der Waals surface area contributed by atoms with Gasteiger partial charge >= 0.3 is 6.18 Å². The highest BCUT2D eigenvalue weighted by atomic mass is 19.4. The fourth-order valence-corrected chi connectivity index (χ4v) is 5.41. The third-order valence-electron chi connectivity index (χ3n) is 6.67. The summed E-state index contributed by atoms with van der Waals surface area (Å²) in [5.41, 5.74) is 1.45. The molecule has 2 heterocycles. The maximum atomic E-state index is 12.8. The number of amides is 1. The average molecular weight is 396 g/mol. The Labute approximate surface area is 163 Å². The van der Waals surface area contributed by atoms with E-state index in [1.807, 2.05) is 12.1 Å². The van der Waals surface area contributed by atoms with E-state index >= 15 is 0 Å². The van der Waals surface area contributed by atoms with Crippen LogP contribution in [0.4, 0.5) is 18.9 Å². The van der Waals surface area contributed by atoms with Crippen molar-refractivity contribution in [1.82, 2.24) is 4.90 Å². The molecule has 7 heteroatoms.